The topological polar surface area (TPSA) is 13.1 Å². The molecular formula is C16H26NOS+. The molecule has 0 aliphatic carbocycles. The molecule has 19 heavy (non-hydrogen) atoms. The second kappa shape index (κ2) is 7.49. The highest BCUT2D eigenvalue weighted by Crippen LogP contribution is 2.33. The number of nitrogens with zero attached hydrogens (tertiary/aromatic N) is 1. The number of hydrogen-bond donors (Lipinski definition) is 0. The molecule has 0 N–H and O–H groups in total. The van der Waals surface area contributed by atoms with Crippen molar-refractivity contribution in [1.82, 2.24) is 0 Å². The van der Waals surface area contributed by atoms with Gasteiger partial charge in [0.05, 0.1) is 12.2 Å². The minimum absolute atomic E-state index is 0.840. The van der Waals surface area contributed by atoms with Crippen LogP contribution in [0.1, 0.15) is 45.2 Å². The molecule has 0 fully saturated rings. The van der Waals surface area contributed by atoms with Gasteiger partial charge in [0.15, 0.2) is 0 Å². The third kappa shape index (κ3) is 2.92. The fourth-order valence-electron chi connectivity index (χ4n) is 2.37. The molecule has 2 aromatic rings. The lowest BCUT2D eigenvalue weighted by molar-refractivity contribution is -0.669. The first kappa shape index (κ1) is 16.0. The zero-order valence-electron chi connectivity index (χ0n) is 13.0. The summed E-state index contributed by atoms with van der Waals surface area (Å²) in [6, 6.07) is 4.30. The van der Waals surface area contributed by atoms with Gasteiger partial charge < -0.3 is 4.74 Å². The van der Waals surface area contributed by atoms with Crippen LogP contribution < -0.4 is 9.30 Å². The third-order valence-corrected chi connectivity index (χ3v) is 4.10. The van der Waals surface area contributed by atoms with Crippen LogP contribution in [0.25, 0.3) is 10.2 Å². The highest BCUT2D eigenvalue weighted by atomic mass is 32.1. The van der Waals surface area contributed by atoms with Crippen molar-refractivity contribution in [3.63, 3.8) is 0 Å². The van der Waals surface area contributed by atoms with Crippen LogP contribution in [-0.4, -0.2) is 6.61 Å². The van der Waals surface area contributed by atoms with Crippen LogP contribution in [0.4, 0.5) is 0 Å². The van der Waals surface area contributed by atoms with Crippen molar-refractivity contribution in [2.45, 2.75) is 54.5 Å². The first-order valence-corrected chi connectivity index (χ1v) is 8.20. The maximum Gasteiger partial charge on any atom is 0.235 e. The van der Waals surface area contributed by atoms with Gasteiger partial charge in [0.2, 0.25) is 10.5 Å². The third-order valence-electron chi connectivity index (χ3n) is 3.04. The van der Waals surface area contributed by atoms with Crippen molar-refractivity contribution >= 4 is 21.6 Å². The van der Waals surface area contributed by atoms with Gasteiger partial charge in [-0.3, -0.25) is 0 Å². The summed E-state index contributed by atoms with van der Waals surface area (Å²) in [6.45, 7) is 14.3. The quantitative estimate of drug-likeness (QED) is 0.701. The van der Waals surface area contributed by atoms with Crippen LogP contribution in [0.3, 0.4) is 0 Å². The fraction of sp³-hybridized carbons (Fsp3) is 0.562. The van der Waals surface area contributed by atoms with Gasteiger partial charge in [0.1, 0.15) is 17.0 Å². The molecule has 1 aromatic heterocycles. The summed E-state index contributed by atoms with van der Waals surface area (Å²) in [6.07, 6.45) is 1.06. The monoisotopic (exact) mass is 280 g/mol. The highest BCUT2D eigenvalue weighted by Gasteiger charge is 2.25. The normalized spacial score (nSPS) is 11.9. The van der Waals surface area contributed by atoms with Crippen LogP contribution in [0.15, 0.2) is 12.1 Å². The van der Waals surface area contributed by atoms with Gasteiger partial charge in [-0.25, -0.2) is 0 Å². The molecule has 0 unspecified atom stereocenters. The molecule has 1 aliphatic heterocycles. The minimum Gasteiger partial charge on any atom is -0.493 e. The fourth-order valence-corrected chi connectivity index (χ4v) is 3.48. The van der Waals surface area contributed by atoms with E-state index in [1.165, 1.54) is 20.8 Å². The lowest BCUT2D eigenvalue weighted by atomic mass is 10.1. The number of benzene rings is 1. The second-order valence-electron chi connectivity index (χ2n) is 3.85. The standard InChI is InChI=1S/C12H14NOS.2C2H6/c1-3-13-8(2)15-11-5-4-10-9(12(11)13)6-7-14-10;2*1-2/h4-5H,3,6-7H2,1-2H3;2*1-2H3/q+1;;. The van der Waals surface area contributed by atoms with E-state index in [0.29, 0.717) is 0 Å². The summed E-state index contributed by atoms with van der Waals surface area (Å²) in [5.41, 5.74) is 2.80. The molecule has 2 heterocycles. The molecule has 0 radical (unpaired) electrons. The number of fused-ring (bicyclic) bond motifs is 3. The van der Waals surface area contributed by atoms with Gasteiger partial charge in [-0.2, -0.15) is 4.57 Å². The van der Waals surface area contributed by atoms with Gasteiger partial charge in [-0.15, -0.1) is 0 Å². The van der Waals surface area contributed by atoms with Crippen molar-refractivity contribution in [3.8, 4) is 5.75 Å². The maximum atomic E-state index is 5.61. The van der Waals surface area contributed by atoms with E-state index in [1.54, 1.807) is 0 Å². The highest BCUT2D eigenvalue weighted by molar-refractivity contribution is 7.18. The van der Waals surface area contributed by atoms with Crippen LogP contribution in [0.2, 0.25) is 0 Å². The molecule has 106 valence electrons. The number of thiazole rings is 1. The van der Waals surface area contributed by atoms with E-state index in [4.69, 9.17) is 4.74 Å². The maximum absolute atomic E-state index is 5.61. The van der Waals surface area contributed by atoms with Gasteiger partial charge in [-0.05, 0) is 19.1 Å². The summed E-state index contributed by atoms with van der Waals surface area (Å²) in [5, 5.41) is 1.38. The smallest absolute Gasteiger partial charge is 0.235 e. The van der Waals surface area contributed by atoms with Crippen LogP contribution in [-0.2, 0) is 13.0 Å². The van der Waals surface area contributed by atoms with E-state index >= 15 is 0 Å². The average Bonchev–Trinajstić information content (AvgIpc) is 3.05. The van der Waals surface area contributed by atoms with Crippen molar-refractivity contribution in [2.24, 2.45) is 0 Å². The van der Waals surface area contributed by atoms with Crippen molar-refractivity contribution < 1.29 is 9.30 Å². The van der Waals surface area contributed by atoms with E-state index < -0.39 is 0 Å². The van der Waals surface area contributed by atoms with Gasteiger partial charge in [-0.1, -0.05) is 39.0 Å². The van der Waals surface area contributed by atoms with Crippen LogP contribution in [0.5, 0.6) is 5.75 Å². The lowest BCUT2D eigenvalue weighted by Gasteiger charge is -1.97. The van der Waals surface area contributed by atoms with Gasteiger partial charge in [0.25, 0.3) is 0 Å². The van der Waals surface area contributed by atoms with Crippen molar-refractivity contribution in [2.75, 3.05) is 6.61 Å². The van der Waals surface area contributed by atoms with E-state index in [1.807, 2.05) is 39.0 Å². The molecule has 0 saturated carbocycles. The largest absolute Gasteiger partial charge is 0.493 e. The molecule has 3 heteroatoms. The molecule has 0 atom stereocenters. The number of ether oxygens (including phenoxy) is 1. The van der Waals surface area contributed by atoms with E-state index in [0.717, 1.165) is 25.3 Å². The summed E-state index contributed by atoms with van der Waals surface area (Å²) in [4.78, 5) is 0. The minimum atomic E-state index is 0.840. The predicted molar refractivity (Wildman–Crippen MR) is 84.3 cm³/mol. The zero-order valence-corrected chi connectivity index (χ0v) is 13.9. The first-order chi connectivity index (χ1) is 9.31. The SMILES string of the molecule is CC.CC.CC[n+]1c(C)sc2ccc3c(c21)CCO3. The van der Waals surface area contributed by atoms with Gasteiger partial charge >= 0.3 is 0 Å². The number of aryl methyl sites for hydroxylation is 2. The zero-order chi connectivity index (χ0) is 14.4. The van der Waals surface area contributed by atoms with Crippen molar-refractivity contribution in [1.29, 1.82) is 0 Å². The molecule has 0 spiro atoms. The Kier molecular flexibility index (Phi) is 6.29. The Morgan fingerprint density at radius 1 is 1.21 bits per heavy atom. The van der Waals surface area contributed by atoms with Gasteiger partial charge in [0, 0.05) is 13.3 Å². The number of hydrogen-bond acceptors (Lipinski definition) is 2. The summed E-state index contributed by atoms with van der Waals surface area (Å²) in [7, 11) is 0. The Morgan fingerprint density at radius 3 is 2.53 bits per heavy atom. The Balaban J connectivity index is 0.000000415. The van der Waals surface area contributed by atoms with Crippen LogP contribution in [0, 0.1) is 6.92 Å². The molecule has 1 aromatic carbocycles. The van der Waals surface area contributed by atoms with Crippen LogP contribution >= 0.6 is 11.3 Å². The number of rotatable bonds is 1. The Bertz CT molecular complexity index is 531. The predicted octanol–water partition coefficient (Wildman–Crippen LogP) is 4.50. The summed E-state index contributed by atoms with van der Waals surface area (Å²) < 4.78 is 9.39. The Morgan fingerprint density at radius 2 is 1.89 bits per heavy atom. The first-order valence-electron chi connectivity index (χ1n) is 7.39. The Hall–Kier alpha value is -1.09. The summed E-state index contributed by atoms with van der Waals surface area (Å²) in [5.74, 6) is 1.09. The number of aromatic nitrogens is 1. The second-order valence-corrected chi connectivity index (χ2v) is 5.09. The average molecular weight is 280 g/mol. The van der Waals surface area contributed by atoms with E-state index in [9.17, 15) is 0 Å². The summed E-state index contributed by atoms with van der Waals surface area (Å²) >= 11 is 1.88. The molecule has 1 aliphatic rings. The molecule has 0 saturated heterocycles. The molecular weight excluding hydrogens is 254 g/mol. The lowest BCUT2D eigenvalue weighted by Crippen LogP contribution is -2.34. The molecule has 3 rings (SSSR count). The molecule has 0 amide bonds. The van der Waals surface area contributed by atoms with Crippen molar-refractivity contribution in [3.05, 3.63) is 22.7 Å². The molecule has 0 bridgehead atoms. The molecule has 2 nitrogen and oxygen atoms in total. The Labute approximate surface area is 121 Å². The van der Waals surface area contributed by atoms with E-state index in [2.05, 4.69) is 30.5 Å². The van der Waals surface area contributed by atoms with E-state index in [-0.39, 0.29) is 0 Å².